The number of nitrogens with one attached hydrogen (secondary N) is 1. The minimum atomic E-state index is -0.469. The number of benzene rings is 3. The van der Waals surface area contributed by atoms with Crippen LogP contribution in [-0.4, -0.2) is 22.8 Å². The number of allylic oxidation sites excluding steroid dienone is 1. The van der Waals surface area contributed by atoms with Crippen LogP contribution in [0.4, 0.5) is 10.5 Å². The summed E-state index contributed by atoms with van der Waals surface area (Å²) in [6, 6.07) is 24.5. The highest BCUT2D eigenvalue weighted by atomic mass is 16.5. The van der Waals surface area contributed by atoms with E-state index in [-0.39, 0.29) is 6.03 Å². The fraction of sp³-hybridized carbons (Fsp3) is 0.179. The van der Waals surface area contributed by atoms with E-state index < -0.39 is 6.04 Å². The van der Waals surface area contributed by atoms with Gasteiger partial charge >= 0.3 is 6.03 Å². The van der Waals surface area contributed by atoms with Gasteiger partial charge in [-0.25, -0.2) is 4.79 Å². The molecule has 5 rings (SSSR count). The van der Waals surface area contributed by atoms with Gasteiger partial charge in [0.05, 0.1) is 23.9 Å². The molecular weight excluding hydrogens is 440 g/mol. The van der Waals surface area contributed by atoms with Crippen molar-refractivity contribution in [3.63, 3.8) is 0 Å². The van der Waals surface area contributed by atoms with Gasteiger partial charge in [-0.2, -0.15) is 4.98 Å². The zero-order valence-corrected chi connectivity index (χ0v) is 19.9. The summed E-state index contributed by atoms with van der Waals surface area (Å²) < 4.78 is 11.4. The number of nitrogens with zero attached hydrogens (tertiary/aromatic N) is 3. The summed E-state index contributed by atoms with van der Waals surface area (Å²) in [7, 11) is 0. The number of rotatable bonds is 6. The minimum Gasteiger partial charge on any atom is -0.494 e. The van der Waals surface area contributed by atoms with Crippen molar-refractivity contribution in [2.45, 2.75) is 26.8 Å². The van der Waals surface area contributed by atoms with Gasteiger partial charge in [0.2, 0.25) is 5.82 Å². The molecule has 176 valence electrons. The highest BCUT2D eigenvalue weighted by molar-refractivity contribution is 6.01. The largest absolute Gasteiger partial charge is 0.494 e. The lowest BCUT2D eigenvalue weighted by atomic mass is 9.94. The van der Waals surface area contributed by atoms with Gasteiger partial charge in [-0.15, -0.1) is 0 Å². The van der Waals surface area contributed by atoms with Gasteiger partial charge in [0.25, 0.3) is 5.89 Å². The molecule has 0 radical (unpaired) electrons. The van der Waals surface area contributed by atoms with E-state index >= 15 is 0 Å². The SMILES string of the molecule is CCOc1ccc(C2NC(=O)N(c3ccc(C)cc3)C(C)=C2c2nc(-c3ccccc3)no2)cc1. The lowest BCUT2D eigenvalue weighted by molar-refractivity contribution is 0.244. The van der Waals surface area contributed by atoms with Crippen LogP contribution in [0.15, 0.2) is 89.1 Å². The van der Waals surface area contributed by atoms with Crippen LogP contribution < -0.4 is 15.0 Å². The Morgan fingerprint density at radius 2 is 1.69 bits per heavy atom. The van der Waals surface area contributed by atoms with Crippen LogP contribution in [0.2, 0.25) is 0 Å². The first kappa shape index (κ1) is 22.4. The Bertz CT molecular complexity index is 1360. The maximum atomic E-state index is 13.3. The number of aromatic nitrogens is 2. The number of anilines is 1. The predicted molar refractivity (Wildman–Crippen MR) is 135 cm³/mol. The molecule has 0 aliphatic carbocycles. The van der Waals surface area contributed by atoms with Gasteiger partial charge in [-0.1, -0.05) is 65.3 Å². The molecule has 2 amide bonds. The topological polar surface area (TPSA) is 80.5 Å². The number of hydrogen-bond donors (Lipinski definition) is 1. The molecule has 0 saturated heterocycles. The number of carbonyl (C=O) groups excluding carboxylic acids is 1. The average Bonchev–Trinajstić information content (AvgIpc) is 3.36. The third-order valence-corrected chi connectivity index (χ3v) is 5.99. The summed E-state index contributed by atoms with van der Waals surface area (Å²) in [4.78, 5) is 19.7. The Morgan fingerprint density at radius 1 is 0.971 bits per heavy atom. The molecule has 0 spiro atoms. The van der Waals surface area contributed by atoms with Crippen LogP contribution in [0, 0.1) is 6.92 Å². The molecule has 3 aromatic carbocycles. The lowest BCUT2D eigenvalue weighted by Gasteiger charge is -2.35. The highest BCUT2D eigenvalue weighted by Gasteiger charge is 2.36. The molecule has 1 N–H and O–H groups in total. The molecule has 2 heterocycles. The highest BCUT2D eigenvalue weighted by Crippen LogP contribution is 2.39. The molecule has 1 aromatic heterocycles. The van der Waals surface area contributed by atoms with Crippen LogP contribution in [0.5, 0.6) is 5.75 Å². The fourth-order valence-electron chi connectivity index (χ4n) is 4.24. The van der Waals surface area contributed by atoms with Crippen molar-refractivity contribution in [3.8, 4) is 17.1 Å². The van der Waals surface area contributed by atoms with Gasteiger partial charge in [-0.05, 0) is 50.6 Å². The van der Waals surface area contributed by atoms with Gasteiger partial charge in [0, 0.05) is 11.3 Å². The van der Waals surface area contributed by atoms with E-state index in [0.717, 1.165) is 39.4 Å². The van der Waals surface area contributed by atoms with Crippen molar-refractivity contribution in [1.29, 1.82) is 0 Å². The third kappa shape index (κ3) is 4.40. The van der Waals surface area contributed by atoms with Crippen LogP contribution in [0.3, 0.4) is 0 Å². The second-order valence-corrected chi connectivity index (χ2v) is 8.34. The monoisotopic (exact) mass is 466 g/mol. The van der Waals surface area contributed by atoms with Crippen molar-refractivity contribution in [2.75, 3.05) is 11.5 Å². The molecule has 7 heteroatoms. The standard InChI is InChI=1S/C28H26N4O3/c1-4-34-23-16-12-20(13-17-23)25-24(27-30-26(31-35-27)21-8-6-5-7-9-21)19(3)32(28(33)29-25)22-14-10-18(2)11-15-22/h5-17,25H,4H2,1-3H3,(H,29,33). The minimum absolute atomic E-state index is 0.225. The normalized spacial score (nSPS) is 15.8. The predicted octanol–water partition coefficient (Wildman–Crippen LogP) is 6.15. The third-order valence-electron chi connectivity index (χ3n) is 5.99. The molecule has 0 fully saturated rings. The maximum Gasteiger partial charge on any atom is 0.326 e. The Morgan fingerprint density at radius 3 is 2.37 bits per heavy atom. The number of urea groups is 1. The molecule has 0 bridgehead atoms. The summed E-state index contributed by atoms with van der Waals surface area (Å²) in [6.07, 6.45) is 0. The summed E-state index contributed by atoms with van der Waals surface area (Å²) in [5.41, 5.74) is 5.08. The van der Waals surface area contributed by atoms with Crippen molar-refractivity contribution in [1.82, 2.24) is 15.5 Å². The first-order valence-electron chi connectivity index (χ1n) is 11.6. The molecular formula is C28H26N4O3. The average molecular weight is 467 g/mol. The Kier molecular flexibility index (Phi) is 6.06. The maximum absolute atomic E-state index is 13.3. The molecule has 4 aromatic rings. The Balaban J connectivity index is 1.62. The second kappa shape index (κ2) is 9.46. The Hall–Kier alpha value is -4.39. The summed E-state index contributed by atoms with van der Waals surface area (Å²) in [5.74, 6) is 1.62. The molecule has 0 saturated carbocycles. The smallest absolute Gasteiger partial charge is 0.326 e. The van der Waals surface area contributed by atoms with Crippen molar-refractivity contribution in [3.05, 3.63) is 102 Å². The number of amides is 2. The second-order valence-electron chi connectivity index (χ2n) is 8.34. The summed E-state index contributed by atoms with van der Waals surface area (Å²) in [5, 5.41) is 7.36. The first-order valence-corrected chi connectivity index (χ1v) is 11.6. The van der Waals surface area contributed by atoms with Gasteiger partial charge in [0.15, 0.2) is 0 Å². The summed E-state index contributed by atoms with van der Waals surface area (Å²) in [6.45, 7) is 6.44. The molecule has 1 aliphatic rings. The van der Waals surface area contributed by atoms with Crippen LogP contribution in [0.25, 0.3) is 17.0 Å². The number of hydrogen-bond acceptors (Lipinski definition) is 5. The molecule has 1 unspecified atom stereocenters. The number of carbonyl (C=O) groups is 1. The van der Waals surface area contributed by atoms with Crippen LogP contribution in [-0.2, 0) is 0 Å². The van der Waals surface area contributed by atoms with E-state index in [1.165, 1.54) is 0 Å². The van der Waals surface area contributed by atoms with E-state index in [1.807, 2.05) is 99.6 Å². The first-order chi connectivity index (χ1) is 17.0. The number of aryl methyl sites for hydroxylation is 1. The zero-order valence-electron chi connectivity index (χ0n) is 19.9. The quantitative estimate of drug-likeness (QED) is 0.369. The van der Waals surface area contributed by atoms with E-state index in [9.17, 15) is 4.79 Å². The van der Waals surface area contributed by atoms with Crippen molar-refractivity contribution >= 4 is 17.3 Å². The molecule has 35 heavy (non-hydrogen) atoms. The van der Waals surface area contributed by atoms with Crippen LogP contribution >= 0.6 is 0 Å². The zero-order chi connectivity index (χ0) is 24.4. The van der Waals surface area contributed by atoms with E-state index in [2.05, 4.69) is 10.5 Å². The summed E-state index contributed by atoms with van der Waals surface area (Å²) >= 11 is 0. The van der Waals surface area contributed by atoms with E-state index in [4.69, 9.17) is 14.2 Å². The van der Waals surface area contributed by atoms with Crippen LogP contribution in [0.1, 0.15) is 36.9 Å². The van der Waals surface area contributed by atoms with E-state index in [1.54, 1.807) is 4.90 Å². The van der Waals surface area contributed by atoms with Gasteiger partial charge in [-0.3, -0.25) is 4.90 Å². The lowest BCUT2D eigenvalue weighted by Crippen LogP contribution is -2.46. The molecule has 1 aliphatic heterocycles. The van der Waals surface area contributed by atoms with E-state index in [0.29, 0.717) is 18.3 Å². The molecule has 7 nitrogen and oxygen atoms in total. The molecule has 1 atom stereocenters. The Labute approximate surface area is 204 Å². The van der Waals surface area contributed by atoms with Gasteiger partial charge in [0.1, 0.15) is 5.75 Å². The van der Waals surface area contributed by atoms with Gasteiger partial charge < -0.3 is 14.6 Å². The fourth-order valence-corrected chi connectivity index (χ4v) is 4.24. The van der Waals surface area contributed by atoms with Crippen molar-refractivity contribution < 1.29 is 14.1 Å². The van der Waals surface area contributed by atoms with Crippen molar-refractivity contribution in [2.24, 2.45) is 0 Å². The number of ether oxygens (including phenoxy) is 1.